The fraction of sp³-hybridized carbons (Fsp3) is 0.467. The number of aliphatic carboxylic acids is 1. The summed E-state index contributed by atoms with van der Waals surface area (Å²) in [7, 11) is 0. The van der Waals surface area contributed by atoms with Gasteiger partial charge in [0.1, 0.15) is 12.1 Å². The molecule has 1 rings (SSSR count). The van der Waals surface area contributed by atoms with Crippen LogP contribution in [0.15, 0.2) is 12.5 Å². The highest BCUT2D eigenvalue weighted by Gasteiger charge is 2.27. The molecule has 0 saturated heterocycles. The van der Waals surface area contributed by atoms with Crippen molar-refractivity contribution in [1.29, 1.82) is 0 Å². The summed E-state index contributed by atoms with van der Waals surface area (Å²) in [6, 6.07) is -4.03. The third-order valence-electron chi connectivity index (χ3n) is 3.61. The zero-order chi connectivity index (χ0) is 22.0. The van der Waals surface area contributed by atoms with Crippen molar-refractivity contribution in [2.75, 3.05) is 13.2 Å². The number of H-pyrrole nitrogens is 1. The number of aromatic nitrogens is 2. The number of carbonyl (C=O) groups excluding carboxylic acids is 4. The van der Waals surface area contributed by atoms with Crippen LogP contribution in [0, 0.1) is 0 Å². The van der Waals surface area contributed by atoms with Gasteiger partial charge in [0.15, 0.2) is 0 Å². The number of nitrogens with zero attached hydrogens (tertiary/aromatic N) is 1. The van der Waals surface area contributed by atoms with E-state index in [2.05, 4.69) is 25.9 Å². The predicted octanol–water partition coefficient (Wildman–Crippen LogP) is -4.68. The van der Waals surface area contributed by atoms with E-state index in [0.717, 1.165) is 0 Å². The molecule has 0 aliphatic heterocycles. The minimum atomic E-state index is -1.46. The molecule has 0 fully saturated rings. The number of rotatable bonds is 12. The Hall–Kier alpha value is -3.52. The minimum absolute atomic E-state index is 0.0963. The lowest BCUT2D eigenvalue weighted by Gasteiger charge is -2.20. The van der Waals surface area contributed by atoms with E-state index in [9.17, 15) is 34.2 Å². The molecule has 14 heteroatoms. The van der Waals surface area contributed by atoms with Crippen LogP contribution in [0.3, 0.4) is 0 Å². The van der Waals surface area contributed by atoms with Gasteiger partial charge in [0.25, 0.3) is 0 Å². The van der Waals surface area contributed by atoms with Gasteiger partial charge in [-0.25, -0.2) is 9.78 Å². The second kappa shape index (κ2) is 11.4. The van der Waals surface area contributed by atoms with E-state index in [-0.39, 0.29) is 6.42 Å². The van der Waals surface area contributed by atoms with Gasteiger partial charge in [-0.15, -0.1) is 0 Å². The number of aromatic amines is 1. The summed E-state index contributed by atoms with van der Waals surface area (Å²) >= 11 is 0. The van der Waals surface area contributed by atoms with Crippen molar-refractivity contribution in [3.63, 3.8) is 0 Å². The summed E-state index contributed by atoms with van der Waals surface area (Å²) in [5.41, 5.74) is 10.8. The number of carboxylic acids is 1. The molecule has 3 unspecified atom stereocenters. The van der Waals surface area contributed by atoms with Crippen molar-refractivity contribution in [3.05, 3.63) is 18.2 Å². The fourth-order valence-electron chi connectivity index (χ4n) is 2.14. The molecule has 160 valence electrons. The molecule has 4 amide bonds. The third kappa shape index (κ3) is 8.35. The Kier molecular flexibility index (Phi) is 9.21. The number of aliphatic hydroxyl groups excluding tert-OH is 1. The molecule has 14 nitrogen and oxygen atoms in total. The van der Waals surface area contributed by atoms with Gasteiger partial charge in [0.2, 0.25) is 23.6 Å². The van der Waals surface area contributed by atoms with E-state index >= 15 is 0 Å². The number of imidazole rings is 1. The van der Waals surface area contributed by atoms with E-state index in [1.165, 1.54) is 12.5 Å². The Morgan fingerprint density at radius 1 is 1.14 bits per heavy atom. The number of primary amides is 1. The van der Waals surface area contributed by atoms with Crippen molar-refractivity contribution in [1.82, 2.24) is 25.9 Å². The lowest BCUT2D eigenvalue weighted by Crippen LogP contribution is -2.55. The average Bonchev–Trinajstić information content (AvgIpc) is 3.15. The van der Waals surface area contributed by atoms with Gasteiger partial charge in [-0.3, -0.25) is 19.2 Å². The summed E-state index contributed by atoms with van der Waals surface area (Å²) < 4.78 is 0. The molecule has 0 aliphatic rings. The van der Waals surface area contributed by atoms with Crippen LogP contribution in [0.4, 0.5) is 0 Å². The number of hydrogen-bond donors (Lipinski definition) is 8. The lowest BCUT2D eigenvalue weighted by atomic mass is 10.1. The Balaban J connectivity index is 2.56. The molecule has 0 bridgehead atoms. The minimum Gasteiger partial charge on any atom is -0.480 e. The number of nitrogens with one attached hydrogen (secondary N) is 4. The van der Waals surface area contributed by atoms with Crippen molar-refractivity contribution < 1.29 is 34.2 Å². The first-order valence-corrected chi connectivity index (χ1v) is 8.36. The lowest BCUT2D eigenvalue weighted by molar-refractivity contribution is -0.142. The van der Waals surface area contributed by atoms with Crippen LogP contribution in [0.5, 0.6) is 0 Å². The van der Waals surface area contributed by atoms with E-state index < -0.39 is 67.3 Å². The second-order valence-corrected chi connectivity index (χ2v) is 5.98. The number of amides is 4. The van der Waals surface area contributed by atoms with Gasteiger partial charge in [0, 0.05) is 18.3 Å². The maximum Gasteiger partial charge on any atom is 0.326 e. The van der Waals surface area contributed by atoms with Crippen molar-refractivity contribution in [2.24, 2.45) is 11.5 Å². The molecule has 1 aromatic rings. The number of carboxylic acid groups (broad SMARTS) is 1. The van der Waals surface area contributed by atoms with Gasteiger partial charge in [-0.2, -0.15) is 0 Å². The molecule has 0 aliphatic carbocycles. The first-order valence-electron chi connectivity index (χ1n) is 8.36. The quantitative estimate of drug-likeness (QED) is 0.164. The molecule has 10 N–H and O–H groups in total. The molecule has 1 aromatic heterocycles. The zero-order valence-corrected chi connectivity index (χ0v) is 15.3. The summed E-state index contributed by atoms with van der Waals surface area (Å²) in [5, 5.41) is 25.0. The first-order chi connectivity index (χ1) is 13.6. The van der Waals surface area contributed by atoms with Crippen molar-refractivity contribution in [2.45, 2.75) is 31.0 Å². The van der Waals surface area contributed by atoms with E-state index in [0.29, 0.717) is 5.69 Å². The molecule has 1 heterocycles. The van der Waals surface area contributed by atoms with Crippen LogP contribution in [0.2, 0.25) is 0 Å². The van der Waals surface area contributed by atoms with Gasteiger partial charge in [-0.05, 0) is 0 Å². The smallest absolute Gasteiger partial charge is 0.326 e. The van der Waals surface area contributed by atoms with Crippen LogP contribution in [0.25, 0.3) is 0 Å². The SMILES string of the molecule is NC(=O)CC(N)C(=O)NCC(=O)NC(CO)C(=O)NC(Cc1cnc[nH]1)C(=O)O. The van der Waals surface area contributed by atoms with Gasteiger partial charge in [0.05, 0.1) is 31.9 Å². The number of aliphatic hydroxyl groups is 1. The third-order valence-corrected chi connectivity index (χ3v) is 3.61. The first kappa shape index (κ1) is 23.5. The van der Waals surface area contributed by atoms with E-state index in [1.54, 1.807) is 0 Å². The Bertz CT molecular complexity index is 737. The van der Waals surface area contributed by atoms with Crippen LogP contribution in [-0.4, -0.2) is 81.1 Å². The molecule has 29 heavy (non-hydrogen) atoms. The number of carbonyl (C=O) groups is 5. The molecular formula is C15H23N7O7. The van der Waals surface area contributed by atoms with Crippen LogP contribution in [0.1, 0.15) is 12.1 Å². The number of nitrogens with two attached hydrogens (primary N) is 2. The second-order valence-electron chi connectivity index (χ2n) is 5.98. The van der Waals surface area contributed by atoms with E-state index in [4.69, 9.17) is 11.5 Å². The normalized spacial score (nSPS) is 13.6. The summed E-state index contributed by atoms with van der Waals surface area (Å²) in [6.45, 7) is -1.41. The van der Waals surface area contributed by atoms with Crippen molar-refractivity contribution >= 4 is 29.6 Å². The topological polar surface area (TPSA) is 243 Å². The highest BCUT2D eigenvalue weighted by atomic mass is 16.4. The highest BCUT2D eigenvalue weighted by Crippen LogP contribution is 2.00. The Morgan fingerprint density at radius 2 is 1.83 bits per heavy atom. The molecule has 3 atom stereocenters. The summed E-state index contributed by atoms with van der Waals surface area (Å²) in [6.07, 6.45) is 2.22. The molecule has 0 spiro atoms. The average molecular weight is 413 g/mol. The fourth-order valence-corrected chi connectivity index (χ4v) is 2.14. The van der Waals surface area contributed by atoms with Crippen molar-refractivity contribution in [3.8, 4) is 0 Å². The van der Waals surface area contributed by atoms with Gasteiger partial charge < -0.3 is 42.6 Å². The standard InChI is InChI=1S/C15H23N7O7/c16-8(2-11(17)24)13(26)19-4-12(25)21-10(5-23)14(27)22-9(15(28)29)1-7-3-18-6-20-7/h3,6,8-10,23H,1-2,4-5,16H2,(H2,17,24)(H,18,20)(H,19,26)(H,21,25)(H,22,27)(H,28,29). The molecule has 0 radical (unpaired) electrons. The maximum absolute atomic E-state index is 12.2. The van der Waals surface area contributed by atoms with Gasteiger partial charge in [-0.1, -0.05) is 0 Å². The molecular weight excluding hydrogens is 390 g/mol. The maximum atomic E-state index is 12.2. The highest BCUT2D eigenvalue weighted by molar-refractivity contribution is 5.93. The van der Waals surface area contributed by atoms with Crippen LogP contribution in [-0.2, 0) is 30.4 Å². The Labute approximate surface area is 164 Å². The molecule has 0 aromatic carbocycles. The van der Waals surface area contributed by atoms with Crippen LogP contribution < -0.4 is 27.4 Å². The summed E-state index contributed by atoms with van der Waals surface area (Å²) in [5.74, 6) is -4.72. The molecule has 0 saturated carbocycles. The predicted molar refractivity (Wildman–Crippen MR) is 95.7 cm³/mol. The zero-order valence-electron chi connectivity index (χ0n) is 15.3. The largest absolute Gasteiger partial charge is 0.480 e. The van der Waals surface area contributed by atoms with Gasteiger partial charge >= 0.3 is 5.97 Å². The number of hydrogen-bond acceptors (Lipinski definition) is 8. The van der Waals surface area contributed by atoms with Crippen LogP contribution >= 0.6 is 0 Å². The summed E-state index contributed by atoms with van der Waals surface area (Å²) in [4.78, 5) is 64.1. The Morgan fingerprint density at radius 3 is 2.34 bits per heavy atom. The monoisotopic (exact) mass is 413 g/mol. The van der Waals surface area contributed by atoms with E-state index in [1.807, 2.05) is 0 Å².